The highest BCUT2D eigenvalue weighted by Crippen LogP contribution is 2.23. The second kappa shape index (κ2) is 4.13. The van der Waals surface area contributed by atoms with Crippen LogP contribution in [0.4, 0.5) is 0 Å². The summed E-state index contributed by atoms with van der Waals surface area (Å²) in [7, 11) is 0. The first kappa shape index (κ1) is 10.6. The number of ether oxygens (including phenoxy) is 1. The van der Waals surface area contributed by atoms with Gasteiger partial charge in [-0.05, 0) is 31.9 Å². The highest BCUT2D eigenvalue weighted by molar-refractivity contribution is 5.72. The van der Waals surface area contributed by atoms with E-state index in [9.17, 15) is 4.79 Å². The minimum atomic E-state index is -0.951. The Morgan fingerprint density at radius 2 is 1.86 bits per heavy atom. The molecule has 1 rings (SSSR count). The number of hydrogen-bond donors (Lipinski definition) is 1. The third-order valence-corrected chi connectivity index (χ3v) is 2.05. The van der Waals surface area contributed by atoms with Gasteiger partial charge >= 0.3 is 5.97 Å². The van der Waals surface area contributed by atoms with Crippen LogP contribution in [-0.2, 0) is 4.79 Å². The summed E-state index contributed by atoms with van der Waals surface area (Å²) >= 11 is 0. The molecule has 0 radical (unpaired) electrons. The van der Waals surface area contributed by atoms with Crippen molar-refractivity contribution >= 4 is 5.97 Å². The molecule has 3 heteroatoms. The second-order valence-electron chi connectivity index (χ2n) is 3.32. The van der Waals surface area contributed by atoms with Gasteiger partial charge in [0.05, 0.1) is 0 Å². The van der Waals surface area contributed by atoms with Gasteiger partial charge in [-0.3, -0.25) is 0 Å². The molecule has 1 aromatic carbocycles. The number of carboxylic acid groups (broad SMARTS) is 1. The molecule has 3 nitrogen and oxygen atoms in total. The van der Waals surface area contributed by atoms with E-state index >= 15 is 0 Å². The normalized spacial score (nSPS) is 12.2. The van der Waals surface area contributed by atoms with Crippen LogP contribution in [-0.4, -0.2) is 17.2 Å². The van der Waals surface area contributed by atoms with E-state index in [-0.39, 0.29) is 0 Å². The van der Waals surface area contributed by atoms with E-state index in [1.54, 1.807) is 0 Å². The van der Waals surface area contributed by atoms with Crippen molar-refractivity contribution in [1.29, 1.82) is 0 Å². The molecule has 0 fully saturated rings. The molecule has 0 amide bonds. The summed E-state index contributed by atoms with van der Waals surface area (Å²) in [5.41, 5.74) is 1.91. The molecule has 0 aliphatic carbocycles. The van der Waals surface area contributed by atoms with Gasteiger partial charge < -0.3 is 9.84 Å². The fourth-order valence-corrected chi connectivity index (χ4v) is 1.21. The molecular weight excluding hydrogens is 180 g/mol. The van der Waals surface area contributed by atoms with Crippen LogP contribution in [0.1, 0.15) is 18.1 Å². The summed E-state index contributed by atoms with van der Waals surface area (Å²) in [6, 6.07) is 5.72. The van der Waals surface area contributed by atoms with E-state index < -0.39 is 12.1 Å². The zero-order valence-corrected chi connectivity index (χ0v) is 8.57. The monoisotopic (exact) mass is 194 g/mol. The molecule has 0 aliphatic rings. The third-order valence-electron chi connectivity index (χ3n) is 2.05. The van der Waals surface area contributed by atoms with E-state index in [4.69, 9.17) is 9.84 Å². The highest BCUT2D eigenvalue weighted by Gasteiger charge is 2.14. The Kier molecular flexibility index (Phi) is 3.12. The molecule has 1 N–H and O–H groups in total. The first-order valence-corrected chi connectivity index (χ1v) is 4.48. The lowest BCUT2D eigenvalue weighted by Crippen LogP contribution is -2.23. The molecule has 0 aliphatic heterocycles. The average molecular weight is 194 g/mol. The summed E-state index contributed by atoms with van der Waals surface area (Å²) in [5.74, 6) is -0.282. The number of benzene rings is 1. The van der Waals surface area contributed by atoms with Crippen LogP contribution < -0.4 is 4.74 Å². The van der Waals surface area contributed by atoms with Crippen molar-refractivity contribution in [2.75, 3.05) is 0 Å². The lowest BCUT2D eigenvalue weighted by molar-refractivity contribution is -0.144. The van der Waals surface area contributed by atoms with Crippen molar-refractivity contribution < 1.29 is 14.6 Å². The molecule has 76 valence electrons. The number of aliphatic carboxylic acids is 1. The minimum absolute atomic E-state index is 0.669. The molecular formula is C11H14O3. The van der Waals surface area contributed by atoms with Crippen LogP contribution in [0, 0.1) is 13.8 Å². The molecule has 1 atom stereocenters. The van der Waals surface area contributed by atoms with E-state index in [2.05, 4.69) is 0 Å². The van der Waals surface area contributed by atoms with Gasteiger partial charge in [0.15, 0.2) is 6.10 Å². The summed E-state index contributed by atoms with van der Waals surface area (Å²) in [6.45, 7) is 5.32. The summed E-state index contributed by atoms with van der Waals surface area (Å²) in [4.78, 5) is 10.6. The lowest BCUT2D eigenvalue weighted by atomic mass is 10.1. The molecule has 14 heavy (non-hydrogen) atoms. The van der Waals surface area contributed by atoms with Gasteiger partial charge in [0, 0.05) is 0 Å². The Balaban J connectivity index is 2.91. The Morgan fingerprint density at radius 1 is 1.36 bits per heavy atom. The van der Waals surface area contributed by atoms with Crippen LogP contribution in [0.3, 0.4) is 0 Å². The number of carboxylic acids is 1. The number of carbonyl (C=O) groups is 1. The van der Waals surface area contributed by atoms with E-state index in [0.29, 0.717) is 5.75 Å². The maximum absolute atomic E-state index is 10.6. The zero-order valence-electron chi connectivity index (χ0n) is 8.57. The quantitative estimate of drug-likeness (QED) is 0.802. The SMILES string of the molecule is Cc1cccc(C)c1O[C@@H](C)C(=O)O. The van der Waals surface area contributed by atoms with Gasteiger partial charge in [-0.15, -0.1) is 0 Å². The molecule has 0 saturated carbocycles. The van der Waals surface area contributed by atoms with Crippen molar-refractivity contribution in [2.24, 2.45) is 0 Å². The largest absolute Gasteiger partial charge is 0.479 e. The molecule has 0 aromatic heterocycles. The van der Waals surface area contributed by atoms with E-state index in [1.165, 1.54) is 6.92 Å². The van der Waals surface area contributed by atoms with Gasteiger partial charge in [0.1, 0.15) is 5.75 Å². The summed E-state index contributed by atoms with van der Waals surface area (Å²) in [6.07, 6.45) is -0.810. The predicted octanol–water partition coefficient (Wildman–Crippen LogP) is 2.16. The maximum Gasteiger partial charge on any atom is 0.344 e. The van der Waals surface area contributed by atoms with Crippen LogP contribution >= 0.6 is 0 Å². The van der Waals surface area contributed by atoms with Crippen LogP contribution in [0.15, 0.2) is 18.2 Å². The number of para-hydroxylation sites is 1. The van der Waals surface area contributed by atoms with Crippen molar-refractivity contribution in [2.45, 2.75) is 26.9 Å². The van der Waals surface area contributed by atoms with E-state index in [1.807, 2.05) is 32.0 Å². The minimum Gasteiger partial charge on any atom is -0.479 e. The second-order valence-corrected chi connectivity index (χ2v) is 3.32. The molecule has 0 heterocycles. The average Bonchev–Trinajstić information content (AvgIpc) is 2.11. The molecule has 1 aromatic rings. The van der Waals surface area contributed by atoms with Crippen LogP contribution in [0.5, 0.6) is 5.75 Å². The standard InChI is InChI=1S/C11H14O3/c1-7-5-4-6-8(2)10(7)14-9(3)11(12)13/h4-6,9H,1-3H3,(H,12,13)/t9-/m0/s1. The third kappa shape index (κ3) is 2.25. The van der Waals surface area contributed by atoms with Crippen molar-refractivity contribution in [3.05, 3.63) is 29.3 Å². The Labute approximate surface area is 83.3 Å². The first-order valence-electron chi connectivity index (χ1n) is 4.48. The number of rotatable bonds is 3. The fraction of sp³-hybridized carbons (Fsp3) is 0.364. The van der Waals surface area contributed by atoms with Gasteiger partial charge in [-0.2, -0.15) is 0 Å². The van der Waals surface area contributed by atoms with Crippen molar-refractivity contribution in [3.8, 4) is 5.75 Å². The Morgan fingerprint density at radius 3 is 2.29 bits per heavy atom. The Bertz CT molecular complexity index is 324. The number of aryl methyl sites for hydroxylation is 2. The topological polar surface area (TPSA) is 46.5 Å². The van der Waals surface area contributed by atoms with Crippen molar-refractivity contribution in [1.82, 2.24) is 0 Å². The first-order chi connectivity index (χ1) is 6.52. The molecule has 0 unspecified atom stereocenters. The van der Waals surface area contributed by atoms with Crippen LogP contribution in [0.25, 0.3) is 0 Å². The van der Waals surface area contributed by atoms with E-state index in [0.717, 1.165) is 11.1 Å². The van der Waals surface area contributed by atoms with Gasteiger partial charge in [-0.25, -0.2) is 4.79 Å². The van der Waals surface area contributed by atoms with Crippen molar-refractivity contribution in [3.63, 3.8) is 0 Å². The van der Waals surface area contributed by atoms with Crippen LogP contribution in [0.2, 0.25) is 0 Å². The van der Waals surface area contributed by atoms with Gasteiger partial charge in [-0.1, -0.05) is 18.2 Å². The zero-order chi connectivity index (χ0) is 10.7. The van der Waals surface area contributed by atoms with Gasteiger partial charge in [0.2, 0.25) is 0 Å². The highest BCUT2D eigenvalue weighted by atomic mass is 16.5. The summed E-state index contributed by atoms with van der Waals surface area (Å²) < 4.78 is 5.34. The lowest BCUT2D eigenvalue weighted by Gasteiger charge is -2.14. The number of hydrogen-bond acceptors (Lipinski definition) is 2. The Hall–Kier alpha value is -1.51. The smallest absolute Gasteiger partial charge is 0.344 e. The molecule has 0 spiro atoms. The molecule has 0 bridgehead atoms. The fourth-order valence-electron chi connectivity index (χ4n) is 1.21. The predicted molar refractivity (Wildman–Crippen MR) is 53.6 cm³/mol. The molecule has 0 saturated heterocycles. The summed E-state index contributed by atoms with van der Waals surface area (Å²) in [5, 5.41) is 8.70. The maximum atomic E-state index is 10.6. The van der Waals surface area contributed by atoms with Gasteiger partial charge in [0.25, 0.3) is 0 Å².